The molecule has 3 fully saturated rings. The van der Waals surface area contributed by atoms with Gasteiger partial charge in [-0.1, -0.05) is 289 Å². The molecule has 0 aromatic rings. The van der Waals surface area contributed by atoms with E-state index in [-0.39, 0.29) is 18.9 Å². The van der Waals surface area contributed by atoms with E-state index in [1.165, 1.54) is 231 Å². The number of rotatable bonds is 59. The molecule has 17 unspecified atom stereocenters. The highest BCUT2D eigenvalue weighted by atomic mass is 16.8. The van der Waals surface area contributed by atoms with Gasteiger partial charge in [-0.15, -0.1) is 0 Å². The van der Waals surface area contributed by atoms with Gasteiger partial charge in [0.25, 0.3) is 0 Å². The van der Waals surface area contributed by atoms with Gasteiger partial charge >= 0.3 is 0 Å². The first-order valence-electron chi connectivity index (χ1n) is 37.6. The minimum atomic E-state index is -1.98. The number of carbonyl (C=O) groups excluding carboxylic acids is 1. The van der Waals surface area contributed by atoms with Crippen molar-refractivity contribution in [2.24, 2.45) is 0 Å². The Balaban J connectivity index is 1.39. The highest BCUT2D eigenvalue weighted by Gasteiger charge is 2.53. The number of carbonyl (C=O) groups is 1. The van der Waals surface area contributed by atoms with Gasteiger partial charge in [0.1, 0.15) is 73.2 Å². The Morgan fingerprint density at radius 3 is 1.09 bits per heavy atom. The fourth-order valence-corrected chi connectivity index (χ4v) is 12.9. The zero-order chi connectivity index (χ0) is 66.8. The van der Waals surface area contributed by atoms with Crippen molar-refractivity contribution in [3.8, 4) is 0 Å². The molecule has 0 spiro atoms. The van der Waals surface area contributed by atoms with Crippen LogP contribution in [0.4, 0.5) is 0 Å². The molecule has 0 aromatic heterocycles. The van der Waals surface area contributed by atoms with E-state index in [0.717, 1.165) is 38.5 Å². The van der Waals surface area contributed by atoms with Crippen molar-refractivity contribution in [3.05, 3.63) is 24.3 Å². The Labute approximate surface area is 556 Å². The van der Waals surface area contributed by atoms with Gasteiger partial charge in [0, 0.05) is 6.42 Å². The van der Waals surface area contributed by atoms with Gasteiger partial charge in [0.15, 0.2) is 18.9 Å². The van der Waals surface area contributed by atoms with Gasteiger partial charge < -0.3 is 89.9 Å². The van der Waals surface area contributed by atoms with Crippen molar-refractivity contribution in [1.82, 2.24) is 5.32 Å². The SMILES string of the molecule is CCCCCCCCCCCCCCCCCCCCCCCCCCC/C=C/CC/C=C/C(O)C(COC1OC(CO)C(OC2OC(CO)C(OC3OC(CO)C(O)C(O)C3O)C(O)C2O)C(O)C1O)NC(=O)CCCCCCCCCCCCCCCCCC. The second kappa shape index (κ2) is 55.2. The summed E-state index contributed by atoms with van der Waals surface area (Å²) >= 11 is 0. The van der Waals surface area contributed by atoms with Crippen LogP contribution in [0.3, 0.4) is 0 Å². The molecular weight excluding hydrogens is 1180 g/mol. The third kappa shape index (κ3) is 36.2. The summed E-state index contributed by atoms with van der Waals surface area (Å²) in [6, 6.07) is -0.987. The molecule has 0 saturated carbocycles. The maximum absolute atomic E-state index is 13.4. The maximum Gasteiger partial charge on any atom is 0.220 e. The second-order valence-electron chi connectivity index (χ2n) is 27.1. The smallest absolute Gasteiger partial charge is 0.220 e. The lowest BCUT2D eigenvalue weighted by molar-refractivity contribution is -0.379. The zero-order valence-corrected chi connectivity index (χ0v) is 57.5. The standard InChI is InChI=1S/C73H137NO18/c1-3-5-7-9-11-13-15-17-19-21-22-23-24-25-26-27-28-29-30-31-32-33-34-35-36-38-40-42-44-46-48-50-57(78)56(74-61(79)51-49-47-45-43-41-39-37-20-18-16-14-12-10-8-6-4-2)55-87-71-67(85)64(82)69(59(53-76)89-71)92-73-68(86)65(83)70(60(54-77)90-73)91-72-66(84)63(81)62(80)58(52-75)88-72/h40,42,48,50,56-60,62-73,75-78,80-86H,3-39,41,43-47,49,51-55H2,1-2H3,(H,74,79)/b42-40+,50-48+. The molecule has 3 aliphatic heterocycles. The Morgan fingerprint density at radius 2 is 0.696 bits per heavy atom. The molecule has 92 heavy (non-hydrogen) atoms. The first kappa shape index (κ1) is 84.5. The number of ether oxygens (including phenoxy) is 6. The third-order valence-corrected chi connectivity index (χ3v) is 19.0. The molecule has 19 heteroatoms. The topological polar surface area (TPSA) is 307 Å². The molecule has 19 nitrogen and oxygen atoms in total. The van der Waals surface area contributed by atoms with E-state index in [2.05, 4.69) is 31.3 Å². The number of amides is 1. The number of allylic oxidation sites excluding steroid dienone is 3. The van der Waals surface area contributed by atoms with Crippen LogP contribution in [0.2, 0.25) is 0 Å². The highest BCUT2D eigenvalue weighted by molar-refractivity contribution is 5.76. The lowest BCUT2D eigenvalue weighted by Gasteiger charge is -2.48. The van der Waals surface area contributed by atoms with Crippen LogP contribution in [0, 0.1) is 0 Å². The van der Waals surface area contributed by atoms with E-state index in [1.54, 1.807) is 6.08 Å². The van der Waals surface area contributed by atoms with Crippen molar-refractivity contribution in [3.63, 3.8) is 0 Å². The van der Waals surface area contributed by atoms with Crippen LogP contribution >= 0.6 is 0 Å². The fourth-order valence-electron chi connectivity index (χ4n) is 12.9. The Morgan fingerprint density at radius 1 is 0.380 bits per heavy atom. The number of nitrogens with one attached hydrogen (secondary N) is 1. The van der Waals surface area contributed by atoms with Crippen molar-refractivity contribution < 1.29 is 89.4 Å². The van der Waals surface area contributed by atoms with Gasteiger partial charge in [-0.3, -0.25) is 4.79 Å². The molecule has 0 bridgehead atoms. The summed E-state index contributed by atoms with van der Waals surface area (Å²) in [5.74, 6) is -0.280. The number of hydrogen-bond acceptors (Lipinski definition) is 18. The lowest BCUT2D eigenvalue weighted by Crippen LogP contribution is -2.66. The van der Waals surface area contributed by atoms with Crippen molar-refractivity contribution in [1.29, 1.82) is 0 Å². The Bertz CT molecular complexity index is 1760. The number of aliphatic hydroxyl groups excluding tert-OH is 11. The molecule has 1 amide bonds. The van der Waals surface area contributed by atoms with E-state index in [4.69, 9.17) is 28.4 Å². The van der Waals surface area contributed by atoms with Crippen LogP contribution in [0.25, 0.3) is 0 Å². The number of unbranched alkanes of at least 4 members (excludes halogenated alkanes) is 41. The van der Waals surface area contributed by atoms with E-state index in [9.17, 15) is 61.0 Å². The first-order valence-corrected chi connectivity index (χ1v) is 37.6. The molecule has 0 aliphatic carbocycles. The van der Waals surface area contributed by atoms with Gasteiger partial charge in [0.2, 0.25) is 5.91 Å². The molecular formula is C73H137NO18. The van der Waals surface area contributed by atoms with Crippen LogP contribution in [-0.4, -0.2) is 193 Å². The second-order valence-corrected chi connectivity index (χ2v) is 27.1. The number of hydrogen-bond donors (Lipinski definition) is 12. The van der Waals surface area contributed by atoms with Crippen molar-refractivity contribution in [2.45, 2.75) is 407 Å². The van der Waals surface area contributed by atoms with Gasteiger partial charge in [-0.25, -0.2) is 0 Å². The van der Waals surface area contributed by atoms with Crippen LogP contribution in [0.15, 0.2) is 24.3 Å². The largest absolute Gasteiger partial charge is 0.394 e. The average Bonchev–Trinajstić information content (AvgIpc) is 0.859. The molecule has 3 aliphatic rings. The van der Waals surface area contributed by atoms with Gasteiger partial charge in [-0.2, -0.15) is 0 Å². The van der Waals surface area contributed by atoms with Crippen LogP contribution in [-0.2, 0) is 33.2 Å². The Hall–Kier alpha value is -1.73. The summed E-state index contributed by atoms with van der Waals surface area (Å²) in [6.07, 6.45) is 37.5. The molecule has 12 N–H and O–H groups in total. The van der Waals surface area contributed by atoms with E-state index >= 15 is 0 Å². The molecule has 3 heterocycles. The molecule has 542 valence electrons. The molecule has 0 aromatic carbocycles. The van der Waals surface area contributed by atoms with Crippen LogP contribution in [0.1, 0.15) is 303 Å². The van der Waals surface area contributed by atoms with Crippen LogP contribution < -0.4 is 5.32 Å². The van der Waals surface area contributed by atoms with Crippen molar-refractivity contribution in [2.75, 3.05) is 26.4 Å². The predicted octanol–water partition coefficient (Wildman–Crippen LogP) is 11.0. The molecule has 3 saturated heterocycles. The van der Waals surface area contributed by atoms with E-state index < -0.39 is 124 Å². The summed E-state index contributed by atoms with van der Waals surface area (Å²) in [7, 11) is 0. The highest BCUT2D eigenvalue weighted by Crippen LogP contribution is 2.33. The third-order valence-electron chi connectivity index (χ3n) is 19.0. The van der Waals surface area contributed by atoms with E-state index in [0.29, 0.717) is 12.8 Å². The molecule has 3 rings (SSSR count). The fraction of sp³-hybridized carbons (Fsp3) is 0.932. The van der Waals surface area contributed by atoms with Crippen molar-refractivity contribution >= 4 is 5.91 Å². The minimum Gasteiger partial charge on any atom is -0.394 e. The van der Waals surface area contributed by atoms with Gasteiger partial charge in [-0.05, 0) is 32.1 Å². The maximum atomic E-state index is 13.4. The summed E-state index contributed by atoms with van der Waals surface area (Å²) < 4.78 is 34.4. The zero-order valence-electron chi connectivity index (χ0n) is 57.5. The monoisotopic (exact) mass is 1320 g/mol. The molecule has 0 radical (unpaired) electrons. The number of aliphatic hydroxyl groups is 11. The van der Waals surface area contributed by atoms with E-state index in [1.807, 2.05) is 6.08 Å². The Kier molecular flexibility index (Phi) is 50.7. The normalized spacial score (nSPS) is 27.8. The molecule has 17 atom stereocenters. The summed E-state index contributed by atoms with van der Waals surface area (Å²) in [4.78, 5) is 13.4. The van der Waals surface area contributed by atoms with Crippen LogP contribution in [0.5, 0.6) is 0 Å². The lowest BCUT2D eigenvalue weighted by atomic mass is 9.96. The minimum absolute atomic E-state index is 0.240. The van der Waals surface area contributed by atoms with Gasteiger partial charge in [0.05, 0.1) is 38.6 Å². The quantitative estimate of drug-likeness (QED) is 0.0199. The first-order chi connectivity index (χ1) is 44.8. The summed E-state index contributed by atoms with van der Waals surface area (Å²) in [5.41, 5.74) is 0. The summed E-state index contributed by atoms with van der Waals surface area (Å²) in [5, 5.41) is 121. The predicted molar refractivity (Wildman–Crippen MR) is 360 cm³/mol. The summed E-state index contributed by atoms with van der Waals surface area (Å²) in [6.45, 7) is 1.75. The average molecular weight is 1320 g/mol.